The maximum absolute atomic E-state index is 5.23. The third kappa shape index (κ3) is 4.54. The van der Waals surface area contributed by atoms with Gasteiger partial charge in [0.05, 0.1) is 18.8 Å². The molecule has 0 aliphatic carbocycles. The molecule has 1 saturated heterocycles. The molecule has 0 atom stereocenters. The molecule has 5 heteroatoms. The van der Waals surface area contributed by atoms with E-state index < -0.39 is 0 Å². The van der Waals surface area contributed by atoms with Crippen molar-refractivity contribution < 1.29 is 4.74 Å². The number of hydrogen-bond donors (Lipinski definition) is 1. The lowest BCUT2D eigenvalue weighted by Gasteiger charge is -2.34. The predicted molar refractivity (Wildman–Crippen MR) is 102 cm³/mol. The zero-order chi connectivity index (χ0) is 17.9. The normalized spacial score (nSPS) is 16.2. The fraction of sp³-hybridized carbons (Fsp3) is 0.550. The third-order valence-electron chi connectivity index (χ3n) is 4.85. The Morgan fingerprint density at radius 1 is 1.16 bits per heavy atom. The highest BCUT2D eigenvalue weighted by molar-refractivity contribution is 5.49. The van der Waals surface area contributed by atoms with Crippen LogP contribution in [0.4, 0.5) is 5.69 Å². The molecule has 0 spiro atoms. The zero-order valence-corrected chi connectivity index (χ0v) is 15.8. The van der Waals surface area contributed by atoms with Crippen LogP contribution < -0.4 is 15.0 Å². The lowest BCUT2D eigenvalue weighted by Crippen LogP contribution is -2.42. The summed E-state index contributed by atoms with van der Waals surface area (Å²) < 4.78 is 7.27. The molecule has 0 unspecified atom stereocenters. The van der Waals surface area contributed by atoms with Crippen LogP contribution in [0.5, 0.6) is 5.75 Å². The first-order valence-electron chi connectivity index (χ1n) is 9.12. The zero-order valence-electron chi connectivity index (χ0n) is 15.8. The SMILES string of the molecule is COc1ccc(N2CCC(NCc3cnn(C(C)(C)C)c3)CC2)cc1. The van der Waals surface area contributed by atoms with Crippen LogP contribution >= 0.6 is 0 Å². The summed E-state index contributed by atoms with van der Waals surface area (Å²) in [5.74, 6) is 0.913. The predicted octanol–water partition coefficient (Wildman–Crippen LogP) is 3.41. The molecule has 1 fully saturated rings. The van der Waals surface area contributed by atoms with Gasteiger partial charge >= 0.3 is 0 Å². The molecule has 136 valence electrons. The standard InChI is InChI=1S/C20H30N4O/c1-20(2,3)24-15-16(14-22-24)13-21-17-9-11-23(12-10-17)18-5-7-19(25-4)8-6-18/h5-8,14-15,17,21H,9-13H2,1-4H3. The Bertz CT molecular complexity index is 664. The molecule has 1 aromatic carbocycles. The van der Waals surface area contributed by atoms with Crippen LogP contribution in [0, 0.1) is 0 Å². The first kappa shape index (κ1) is 17.8. The average molecular weight is 342 g/mol. The van der Waals surface area contributed by atoms with Gasteiger partial charge in [-0.25, -0.2) is 0 Å². The van der Waals surface area contributed by atoms with Gasteiger partial charge in [-0.15, -0.1) is 0 Å². The molecule has 0 bridgehead atoms. The summed E-state index contributed by atoms with van der Waals surface area (Å²) in [6.45, 7) is 9.59. The van der Waals surface area contributed by atoms with E-state index in [1.807, 2.05) is 23.0 Å². The van der Waals surface area contributed by atoms with E-state index in [4.69, 9.17) is 4.74 Å². The first-order valence-corrected chi connectivity index (χ1v) is 9.12. The number of hydrogen-bond acceptors (Lipinski definition) is 4. The van der Waals surface area contributed by atoms with Crippen LogP contribution in [0.3, 0.4) is 0 Å². The van der Waals surface area contributed by atoms with Crippen molar-refractivity contribution in [1.29, 1.82) is 0 Å². The van der Waals surface area contributed by atoms with Crippen LogP contribution in [-0.2, 0) is 12.1 Å². The maximum Gasteiger partial charge on any atom is 0.119 e. The largest absolute Gasteiger partial charge is 0.497 e. The van der Waals surface area contributed by atoms with Gasteiger partial charge in [0.25, 0.3) is 0 Å². The second kappa shape index (κ2) is 7.48. The fourth-order valence-electron chi connectivity index (χ4n) is 3.22. The Hall–Kier alpha value is -2.01. The van der Waals surface area contributed by atoms with E-state index in [1.54, 1.807) is 7.11 Å². The van der Waals surface area contributed by atoms with Crippen molar-refractivity contribution in [3.8, 4) is 5.75 Å². The van der Waals surface area contributed by atoms with E-state index in [0.29, 0.717) is 6.04 Å². The maximum atomic E-state index is 5.23. The van der Waals surface area contributed by atoms with Gasteiger partial charge in [0, 0.05) is 43.1 Å². The molecule has 3 rings (SSSR count). The van der Waals surface area contributed by atoms with Gasteiger partial charge in [0.15, 0.2) is 0 Å². The minimum atomic E-state index is 0.0436. The van der Waals surface area contributed by atoms with Crippen LogP contribution in [0.15, 0.2) is 36.7 Å². The lowest BCUT2D eigenvalue weighted by molar-refractivity contribution is 0.355. The lowest BCUT2D eigenvalue weighted by atomic mass is 10.0. The van der Waals surface area contributed by atoms with E-state index >= 15 is 0 Å². The molecule has 25 heavy (non-hydrogen) atoms. The minimum absolute atomic E-state index is 0.0436. The Kier molecular flexibility index (Phi) is 5.33. The van der Waals surface area contributed by atoms with Crippen LogP contribution in [0.1, 0.15) is 39.2 Å². The molecule has 1 aromatic heterocycles. The van der Waals surface area contributed by atoms with Crippen molar-refractivity contribution in [1.82, 2.24) is 15.1 Å². The number of methoxy groups -OCH3 is 1. The number of ether oxygens (including phenoxy) is 1. The molecule has 5 nitrogen and oxygen atoms in total. The summed E-state index contributed by atoms with van der Waals surface area (Å²) in [6, 6.07) is 8.94. The Morgan fingerprint density at radius 2 is 1.84 bits per heavy atom. The summed E-state index contributed by atoms with van der Waals surface area (Å²) in [5, 5.41) is 8.17. The molecular weight excluding hydrogens is 312 g/mol. The first-order chi connectivity index (χ1) is 12.0. The molecule has 2 aromatic rings. The smallest absolute Gasteiger partial charge is 0.119 e. The van der Waals surface area contributed by atoms with Crippen LogP contribution in [0.25, 0.3) is 0 Å². The second-order valence-corrected chi connectivity index (χ2v) is 7.80. The van der Waals surface area contributed by atoms with E-state index in [0.717, 1.165) is 25.4 Å². The molecule has 1 aliphatic rings. The molecule has 1 aliphatic heterocycles. The molecule has 0 saturated carbocycles. The van der Waals surface area contributed by atoms with Gasteiger partial charge in [-0.3, -0.25) is 4.68 Å². The Labute approximate surface area is 151 Å². The van der Waals surface area contributed by atoms with Gasteiger partial charge < -0.3 is 15.0 Å². The molecule has 0 amide bonds. The summed E-state index contributed by atoms with van der Waals surface area (Å²) in [7, 11) is 1.71. The second-order valence-electron chi connectivity index (χ2n) is 7.80. The van der Waals surface area contributed by atoms with Gasteiger partial charge in [0.2, 0.25) is 0 Å². The highest BCUT2D eigenvalue weighted by Gasteiger charge is 2.20. The van der Waals surface area contributed by atoms with Crippen molar-refractivity contribution in [2.75, 3.05) is 25.1 Å². The average Bonchev–Trinajstić information content (AvgIpc) is 3.10. The summed E-state index contributed by atoms with van der Waals surface area (Å²) in [4.78, 5) is 2.45. The highest BCUT2D eigenvalue weighted by atomic mass is 16.5. The van der Waals surface area contributed by atoms with Crippen LogP contribution in [-0.4, -0.2) is 36.0 Å². The molecule has 0 radical (unpaired) electrons. The highest BCUT2D eigenvalue weighted by Crippen LogP contribution is 2.23. The Balaban J connectivity index is 1.47. The monoisotopic (exact) mass is 342 g/mol. The minimum Gasteiger partial charge on any atom is -0.497 e. The topological polar surface area (TPSA) is 42.3 Å². The molecule has 1 N–H and O–H groups in total. The number of piperidine rings is 1. The van der Waals surface area contributed by atoms with E-state index in [1.165, 1.54) is 24.1 Å². The number of nitrogens with one attached hydrogen (secondary N) is 1. The molecule has 2 heterocycles. The Morgan fingerprint density at radius 3 is 2.40 bits per heavy atom. The fourth-order valence-corrected chi connectivity index (χ4v) is 3.22. The summed E-state index contributed by atoms with van der Waals surface area (Å²) in [5.41, 5.74) is 2.58. The van der Waals surface area contributed by atoms with Crippen molar-refractivity contribution in [3.63, 3.8) is 0 Å². The number of aromatic nitrogens is 2. The van der Waals surface area contributed by atoms with Crippen molar-refractivity contribution in [3.05, 3.63) is 42.2 Å². The third-order valence-corrected chi connectivity index (χ3v) is 4.85. The van der Waals surface area contributed by atoms with Gasteiger partial charge in [-0.1, -0.05) is 0 Å². The van der Waals surface area contributed by atoms with Gasteiger partial charge in [-0.05, 0) is 57.9 Å². The number of rotatable bonds is 5. The van der Waals surface area contributed by atoms with E-state index in [-0.39, 0.29) is 5.54 Å². The summed E-state index contributed by atoms with van der Waals surface area (Å²) >= 11 is 0. The quantitative estimate of drug-likeness (QED) is 0.904. The number of nitrogens with zero attached hydrogens (tertiary/aromatic N) is 3. The number of anilines is 1. The van der Waals surface area contributed by atoms with Crippen molar-refractivity contribution in [2.45, 2.75) is 51.7 Å². The van der Waals surface area contributed by atoms with Crippen molar-refractivity contribution in [2.24, 2.45) is 0 Å². The van der Waals surface area contributed by atoms with Crippen molar-refractivity contribution >= 4 is 5.69 Å². The molecular formula is C20H30N4O. The van der Waals surface area contributed by atoms with E-state index in [2.05, 4.69) is 54.4 Å². The van der Waals surface area contributed by atoms with E-state index in [9.17, 15) is 0 Å². The van der Waals surface area contributed by atoms with Gasteiger partial charge in [0.1, 0.15) is 5.75 Å². The number of benzene rings is 1. The van der Waals surface area contributed by atoms with Crippen LogP contribution in [0.2, 0.25) is 0 Å². The van der Waals surface area contributed by atoms with Gasteiger partial charge in [-0.2, -0.15) is 5.10 Å². The summed E-state index contributed by atoms with van der Waals surface area (Å²) in [6.07, 6.45) is 6.46.